The lowest BCUT2D eigenvalue weighted by atomic mass is 9.92. The second kappa shape index (κ2) is 3.61. The van der Waals surface area contributed by atoms with Gasteiger partial charge in [-0.25, -0.2) is 0 Å². The van der Waals surface area contributed by atoms with Crippen LogP contribution in [0, 0.1) is 11.3 Å². The van der Waals surface area contributed by atoms with Crippen molar-refractivity contribution in [1.29, 1.82) is 0 Å². The summed E-state index contributed by atoms with van der Waals surface area (Å²) in [4.78, 5) is 0. The summed E-state index contributed by atoms with van der Waals surface area (Å²) in [7, 11) is 0. The summed E-state index contributed by atoms with van der Waals surface area (Å²) in [6, 6.07) is 0.459. The van der Waals surface area contributed by atoms with E-state index in [0.717, 1.165) is 12.5 Å². The van der Waals surface area contributed by atoms with Crippen molar-refractivity contribution >= 4 is 0 Å². The molecule has 0 aromatic heterocycles. The average Bonchev–Trinajstić information content (AvgIpc) is 2.81. The van der Waals surface area contributed by atoms with Crippen LogP contribution in [0.4, 0.5) is 0 Å². The second-order valence-corrected chi connectivity index (χ2v) is 4.42. The Kier molecular flexibility index (Phi) is 2.94. The maximum atomic E-state index is 3.76. The van der Waals surface area contributed by atoms with E-state index in [4.69, 9.17) is 0 Å². The van der Waals surface area contributed by atoms with Gasteiger partial charge in [-0.3, -0.25) is 0 Å². The summed E-state index contributed by atoms with van der Waals surface area (Å²) in [5.41, 5.74) is 0.622. The van der Waals surface area contributed by atoms with Crippen molar-refractivity contribution in [3.05, 3.63) is 12.7 Å². The molecule has 1 fully saturated rings. The van der Waals surface area contributed by atoms with Crippen LogP contribution in [-0.2, 0) is 0 Å². The van der Waals surface area contributed by atoms with Gasteiger partial charge in [-0.2, -0.15) is 0 Å². The molecule has 0 amide bonds. The Bertz CT molecular complexity index is 156. The molecule has 0 saturated heterocycles. The van der Waals surface area contributed by atoms with E-state index in [1.807, 2.05) is 6.08 Å². The largest absolute Gasteiger partial charge is 0.310 e. The molecule has 1 atom stereocenters. The predicted octanol–water partition coefficient (Wildman–Crippen LogP) is 2.59. The van der Waals surface area contributed by atoms with Crippen molar-refractivity contribution in [2.24, 2.45) is 11.3 Å². The maximum absolute atomic E-state index is 3.76. The summed E-state index contributed by atoms with van der Waals surface area (Å²) in [6.07, 6.45) is 4.78. The van der Waals surface area contributed by atoms with E-state index in [-0.39, 0.29) is 0 Å². The number of nitrogens with one attached hydrogen (secondary N) is 1. The van der Waals surface area contributed by atoms with Gasteiger partial charge >= 0.3 is 0 Å². The minimum absolute atomic E-state index is 0.459. The molecule has 1 unspecified atom stereocenters. The van der Waals surface area contributed by atoms with Crippen LogP contribution >= 0.6 is 0 Å². The quantitative estimate of drug-likeness (QED) is 0.621. The molecule has 1 nitrogen and oxygen atoms in total. The highest BCUT2D eigenvalue weighted by Gasteiger charge is 2.44. The van der Waals surface area contributed by atoms with Crippen molar-refractivity contribution in [1.82, 2.24) is 5.32 Å². The van der Waals surface area contributed by atoms with Gasteiger partial charge in [0.25, 0.3) is 0 Å². The van der Waals surface area contributed by atoms with E-state index in [9.17, 15) is 0 Å². The minimum atomic E-state index is 0.459. The van der Waals surface area contributed by atoms with E-state index in [1.165, 1.54) is 12.8 Å². The lowest BCUT2D eigenvalue weighted by Crippen LogP contribution is -2.32. The number of rotatable bonds is 5. The van der Waals surface area contributed by atoms with Gasteiger partial charge in [0.1, 0.15) is 0 Å². The van der Waals surface area contributed by atoms with E-state index in [1.54, 1.807) is 0 Å². The van der Waals surface area contributed by atoms with Crippen molar-refractivity contribution in [2.75, 3.05) is 6.54 Å². The fraction of sp³-hybridized carbons (Fsp3) is 0.818. The van der Waals surface area contributed by atoms with Crippen LogP contribution in [0.2, 0.25) is 0 Å². The molecule has 1 aliphatic carbocycles. The third-order valence-electron chi connectivity index (χ3n) is 3.25. The first kappa shape index (κ1) is 9.79. The van der Waals surface area contributed by atoms with Crippen molar-refractivity contribution in [3.8, 4) is 0 Å². The summed E-state index contributed by atoms with van der Waals surface area (Å²) >= 11 is 0. The molecule has 12 heavy (non-hydrogen) atoms. The zero-order valence-electron chi connectivity index (χ0n) is 8.56. The van der Waals surface area contributed by atoms with E-state index < -0.39 is 0 Å². The third kappa shape index (κ3) is 2.10. The molecule has 0 aromatic carbocycles. The van der Waals surface area contributed by atoms with Gasteiger partial charge in [-0.05, 0) is 31.1 Å². The average molecular weight is 167 g/mol. The highest BCUT2D eigenvalue weighted by Crippen LogP contribution is 2.51. The van der Waals surface area contributed by atoms with Crippen LogP contribution in [0.15, 0.2) is 12.7 Å². The van der Waals surface area contributed by atoms with Gasteiger partial charge in [-0.1, -0.05) is 19.9 Å². The molecule has 1 aliphatic rings. The minimum Gasteiger partial charge on any atom is -0.310 e. The van der Waals surface area contributed by atoms with Gasteiger partial charge in [0.15, 0.2) is 0 Å². The smallest absolute Gasteiger partial charge is 0.0219 e. The molecule has 0 radical (unpaired) electrons. The molecule has 1 heteroatoms. The Balaban J connectivity index is 2.27. The lowest BCUT2D eigenvalue weighted by Gasteiger charge is -2.21. The Hall–Kier alpha value is -0.300. The van der Waals surface area contributed by atoms with Gasteiger partial charge in [-0.15, -0.1) is 6.58 Å². The monoisotopic (exact) mass is 167 g/mol. The van der Waals surface area contributed by atoms with E-state index in [2.05, 4.69) is 32.7 Å². The third-order valence-corrected chi connectivity index (χ3v) is 3.25. The normalized spacial score (nSPS) is 22.3. The molecule has 0 aromatic rings. The van der Waals surface area contributed by atoms with Crippen LogP contribution < -0.4 is 5.32 Å². The molecule has 1 saturated carbocycles. The van der Waals surface area contributed by atoms with Crippen LogP contribution in [-0.4, -0.2) is 12.6 Å². The molecule has 70 valence electrons. The zero-order chi connectivity index (χ0) is 9.19. The second-order valence-electron chi connectivity index (χ2n) is 4.42. The van der Waals surface area contributed by atoms with Gasteiger partial charge in [0.2, 0.25) is 0 Å². The molecule has 1 N–H and O–H groups in total. The Morgan fingerprint density at radius 1 is 1.42 bits per heavy atom. The van der Waals surface area contributed by atoms with Gasteiger partial charge in [0.05, 0.1) is 0 Å². The summed E-state index contributed by atoms with van der Waals surface area (Å²) in [5, 5.41) is 3.50. The van der Waals surface area contributed by atoms with Crippen LogP contribution in [0.3, 0.4) is 0 Å². The Morgan fingerprint density at radius 2 is 2.00 bits per heavy atom. The zero-order valence-corrected chi connectivity index (χ0v) is 8.56. The maximum Gasteiger partial charge on any atom is 0.0219 e. The lowest BCUT2D eigenvalue weighted by molar-refractivity contribution is 0.332. The predicted molar refractivity (Wildman–Crippen MR) is 54.2 cm³/mol. The fourth-order valence-corrected chi connectivity index (χ4v) is 1.57. The molecule has 1 rings (SSSR count). The van der Waals surface area contributed by atoms with Crippen LogP contribution in [0.25, 0.3) is 0 Å². The molecule has 0 heterocycles. The van der Waals surface area contributed by atoms with Gasteiger partial charge in [0, 0.05) is 12.6 Å². The highest BCUT2D eigenvalue weighted by molar-refractivity contribution is 4.98. The molecule has 0 bridgehead atoms. The number of hydrogen-bond donors (Lipinski definition) is 1. The summed E-state index contributed by atoms with van der Waals surface area (Å²) in [5.74, 6) is 0.821. The van der Waals surface area contributed by atoms with Crippen LogP contribution in [0.1, 0.15) is 33.6 Å². The molecular formula is C11H21N. The Labute approximate surface area is 76.2 Å². The SMILES string of the molecule is C=CC(C)NCC1(C(C)C)CC1. The topological polar surface area (TPSA) is 12.0 Å². The van der Waals surface area contributed by atoms with Gasteiger partial charge < -0.3 is 5.32 Å². The fourth-order valence-electron chi connectivity index (χ4n) is 1.57. The van der Waals surface area contributed by atoms with Crippen molar-refractivity contribution in [3.63, 3.8) is 0 Å². The molecular weight excluding hydrogens is 146 g/mol. The number of hydrogen-bond acceptors (Lipinski definition) is 1. The van der Waals surface area contributed by atoms with E-state index in [0.29, 0.717) is 11.5 Å². The first-order valence-electron chi connectivity index (χ1n) is 4.97. The van der Waals surface area contributed by atoms with Crippen molar-refractivity contribution in [2.45, 2.75) is 39.7 Å². The van der Waals surface area contributed by atoms with E-state index >= 15 is 0 Å². The first-order chi connectivity index (χ1) is 5.60. The first-order valence-corrected chi connectivity index (χ1v) is 4.97. The molecule has 0 aliphatic heterocycles. The highest BCUT2D eigenvalue weighted by atomic mass is 14.9. The molecule has 0 spiro atoms. The summed E-state index contributed by atoms with van der Waals surface area (Å²) < 4.78 is 0. The Morgan fingerprint density at radius 3 is 2.33 bits per heavy atom. The van der Waals surface area contributed by atoms with Crippen molar-refractivity contribution < 1.29 is 0 Å². The van der Waals surface area contributed by atoms with Crippen LogP contribution in [0.5, 0.6) is 0 Å². The summed E-state index contributed by atoms with van der Waals surface area (Å²) in [6.45, 7) is 11.7. The standard InChI is InChI=1S/C11H21N/c1-5-10(4)12-8-11(6-7-11)9(2)3/h5,9-10,12H,1,6-8H2,2-4H3.